The van der Waals surface area contributed by atoms with Crippen molar-refractivity contribution in [3.8, 4) is 0 Å². The Morgan fingerprint density at radius 3 is 2.36 bits per heavy atom. The van der Waals surface area contributed by atoms with Gasteiger partial charge in [0.1, 0.15) is 0 Å². The number of nitrogens with zero attached hydrogens (tertiary/aromatic N) is 2. The number of sulfonamides is 1. The van der Waals surface area contributed by atoms with Gasteiger partial charge >= 0.3 is 5.97 Å². The lowest BCUT2D eigenvalue weighted by molar-refractivity contribution is 0.0586. The van der Waals surface area contributed by atoms with Crippen LogP contribution in [0.4, 0.5) is 0 Å². The van der Waals surface area contributed by atoms with Gasteiger partial charge in [0.15, 0.2) is 0 Å². The summed E-state index contributed by atoms with van der Waals surface area (Å²) in [7, 11) is -2.23. The summed E-state index contributed by atoms with van der Waals surface area (Å²) in [5, 5.41) is 0. The van der Waals surface area contributed by atoms with Gasteiger partial charge in [-0.2, -0.15) is 0 Å². The van der Waals surface area contributed by atoms with Gasteiger partial charge in [0, 0.05) is 24.5 Å². The van der Waals surface area contributed by atoms with Crippen molar-refractivity contribution in [1.29, 1.82) is 0 Å². The molecule has 1 heterocycles. The average molecular weight is 321 g/mol. The van der Waals surface area contributed by atoms with Crippen LogP contribution in [0.25, 0.3) is 0 Å². The van der Waals surface area contributed by atoms with Crippen molar-refractivity contribution in [2.24, 2.45) is 0 Å². The Morgan fingerprint density at radius 1 is 1.14 bits per heavy atom. The van der Waals surface area contributed by atoms with E-state index in [1.54, 1.807) is 24.3 Å². The van der Waals surface area contributed by atoms with Crippen LogP contribution in [0.3, 0.4) is 0 Å². The molecule has 2 rings (SSSR count). The number of aromatic nitrogens is 2. The van der Waals surface area contributed by atoms with E-state index >= 15 is 0 Å². The number of benzene rings is 1. The first-order valence-corrected chi connectivity index (χ1v) is 8.06. The maximum Gasteiger partial charge on any atom is 0.376 e. The second kappa shape index (κ2) is 7.10. The fraction of sp³-hybridized carbons (Fsp3) is 0.214. The van der Waals surface area contributed by atoms with Crippen molar-refractivity contribution < 1.29 is 17.9 Å². The number of methoxy groups -OCH3 is 1. The van der Waals surface area contributed by atoms with Gasteiger partial charge < -0.3 is 4.74 Å². The van der Waals surface area contributed by atoms with Crippen molar-refractivity contribution in [2.75, 3.05) is 7.11 Å². The molecular formula is C14H15N3O4S. The van der Waals surface area contributed by atoms with E-state index in [4.69, 9.17) is 0 Å². The fourth-order valence-electron chi connectivity index (χ4n) is 1.68. The highest BCUT2D eigenvalue weighted by atomic mass is 32.2. The normalized spacial score (nSPS) is 11.1. The number of nitrogens with one attached hydrogen (secondary N) is 1. The van der Waals surface area contributed by atoms with E-state index in [-0.39, 0.29) is 18.1 Å². The molecule has 0 amide bonds. The molecule has 0 aliphatic rings. The van der Waals surface area contributed by atoms with E-state index in [9.17, 15) is 13.2 Å². The molecule has 0 atom stereocenters. The number of esters is 1. The molecule has 0 spiro atoms. The Bertz CT molecular complexity index is 730. The van der Waals surface area contributed by atoms with Crippen LogP contribution in [-0.4, -0.2) is 31.5 Å². The van der Waals surface area contributed by atoms with Crippen molar-refractivity contribution >= 4 is 16.0 Å². The van der Waals surface area contributed by atoms with Crippen molar-refractivity contribution in [2.45, 2.75) is 12.3 Å². The molecule has 0 aliphatic carbocycles. The van der Waals surface area contributed by atoms with Crippen LogP contribution in [0.2, 0.25) is 0 Å². The molecule has 1 N–H and O–H groups in total. The van der Waals surface area contributed by atoms with Crippen LogP contribution in [-0.2, 0) is 27.1 Å². The number of hydrogen-bond acceptors (Lipinski definition) is 6. The molecule has 2 aromatic rings. The number of carbonyl (C=O) groups is 1. The molecule has 0 fully saturated rings. The molecular weight excluding hydrogens is 306 g/mol. The molecule has 0 saturated carbocycles. The van der Waals surface area contributed by atoms with Gasteiger partial charge in [-0.1, -0.05) is 30.3 Å². The highest BCUT2D eigenvalue weighted by Crippen LogP contribution is 2.05. The molecule has 0 unspecified atom stereocenters. The van der Waals surface area contributed by atoms with Crippen LogP contribution in [0.15, 0.2) is 42.7 Å². The van der Waals surface area contributed by atoms with Crippen molar-refractivity contribution in [3.63, 3.8) is 0 Å². The van der Waals surface area contributed by atoms with Gasteiger partial charge in [-0.15, -0.1) is 0 Å². The minimum atomic E-state index is -3.46. The zero-order chi connectivity index (χ0) is 16.0. The Hall–Kier alpha value is -2.32. The first-order valence-electron chi connectivity index (χ1n) is 6.40. The Labute approximate surface area is 128 Å². The van der Waals surface area contributed by atoms with Crippen LogP contribution in [0, 0.1) is 0 Å². The quantitative estimate of drug-likeness (QED) is 0.793. The van der Waals surface area contributed by atoms with Gasteiger partial charge in [-0.25, -0.2) is 27.9 Å². The lowest BCUT2D eigenvalue weighted by atomic mass is 10.2. The molecule has 0 bridgehead atoms. The summed E-state index contributed by atoms with van der Waals surface area (Å²) in [6.45, 7) is 0.0522. The number of rotatable bonds is 6. The van der Waals surface area contributed by atoms with Crippen LogP contribution in [0.5, 0.6) is 0 Å². The second-order valence-electron chi connectivity index (χ2n) is 4.47. The third kappa shape index (κ3) is 4.61. The number of ether oxygens (including phenoxy) is 1. The summed E-state index contributed by atoms with van der Waals surface area (Å²) >= 11 is 0. The van der Waals surface area contributed by atoms with Crippen molar-refractivity contribution in [3.05, 3.63) is 59.7 Å². The third-order valence-corrected chi connectivity index (χ3v) is 4.07. The van der Waals surface area contributed by atoms with E-state index in [1.165, 1.54) is 19.5 Å². The molecule has 0 saturated heterocycles. The van der Waals surface area contributed by atoms with Gasteiger partial charge in [0.25, 0.3) is 0 Å². The molecule has 7 nitrogen and oxygen atoms in total. The number of hydrogen-bond donors (Lipinski definition) is 1. The number of carbonyl (C=O) groups excluding carboxylic acids is 1. The smallest absolute Gasteiger partial charge is 0.376 e. The first kappa shape index (κ1) is 16.1. The maximum atomic E-state index is 12.0. The maximum absolute atomic E-state index is 12.0. The summed E-state index contributed by atoms with van der Waals surface area (Å²) in [5.41, 5.74) is 1.25. The molecule has 116 valence electrons. The van der Waals surface area contributed by atoms with E-state index in [0.29, 0.717) is 11.1 Å². The van der Waals surface area contributed by atoms with Gasteiger partial charge in [0.05, 0.1) is 12.9 Å². The molecule has 1 aromatic carbocycles. The molecule has 1 aromatic heterocycles. The summed E-state index contributed by atoms with van der Waals surface area (Å²) in [6.07, 6.45) is 2.76. The standard InChI is InChI=1S/C14H15N3O4S/c1-21-14(18)13-15-7-12(8-16-13)9-17-22(19,20)10-11-5-3-2-4-6-11/h2-8,17H,9-10H2,1H3. The van der Waals surface area contributed by atoms with Crippen LogP contribution >= 0.6 is 0 Å². The monoisotopic (exact) mass is 321 g/mol. The predicted octanol–water partition coefficient (Wildman–Crippen LogP) is 0.883. The van der Waals surface area contributed by atoms with Gasteiger partial charge in [-0.3, -0.25) is 0 Å². The van der Waals surface area contributed by atoms with Gasteiger partial charge in [0.2, 0.25) is 15.8 Å². The van der Waals surface area contributed by atoms with E-state index in [0.717, 1.165) is 0 Å². The zero-order valence-electron chi connectivity index (χ0n) is 11.9. The first-order chi connectivity index (χ1) is 10.5. The minimum Gasteiger partial charge on any atom is -0.463 e. The van der Waals surface area contributed by atoms with Crippen LogP contribution < -0.4 is 4.72 Å². The highest BCUT2D eigenvalue weighted by molar-refractivity contribution is 7.88. The average Bonchev–Trinajstić information content (AvgIpc) is 2.53. The zero-order valence-corrected chi connectivity index (χ0v) is 12.7. The molecule has 22 heavy (non-hydrogen) atoms. The van der Waals surface area contributed by atoms with Gasteiger partial charge in [-0.05, 0) is 5.56 Å². The van der Waals surface area contributed by atoms with Crippen molar-refractivity contribution in [1.82, 2.24) is 14.7 Å². The van der Waals surface area contributed by atoms with E-state index in [1.807, 2.05) is 6.07 Å². The van der Waals surface area contributed by atoms with E-state index < -0.39 is 16.0 Å². The molecule has 0 radical (unpaired) electrons. The summed E-state index contributed by atoms with van der Waals surface area (Å²) in [5.74, 6) is -0.816. The Morgan fingerprint density at radius 2 is 1.77 bits per heavy atom. The Kier molecular flexibility index (Phi) is 5.18. The Balaban J connectivity index is 1.95. The molecule has 8 heteroatoms. The fourth-order valence-corrected chi connectivity index (χ4v) is 2.80. The molecule has 0 aliphatic heterocycles. The summed E-state index contributed by atoms with van der Waals surface area (Å²) < 4.78 is 30.9. The lowest BCUT2D eigenvalue weighted by Crippen LogP contribution is -2.25. The highest BCUT2D eigenvalue weighted by Gasteiger charge is 2.12. The SMILES string of the molecule is COC(=O)c1ncc(CNS(=O)(=O)Cc2ccccc2)cn1. The largest absolute Gasteiger partial charge is 0.463 e. The second-order valence-corrected chi connectivity index (χ2v) is 6.28. The third-order valence-electron chi connectivity index (χ3n) is 2.77. The lowest BCUT2D eigenvalue weighted by Gasteiger charge is -2.07. The predicted molar refractivity (Wildman–Crippen MR) is 79.3 cm³/mol. The summed E-state index contributed by atoms with van der Waals surface area (Å²) in [6, 6.07) is 8.87. The van der Waals surface area contributed by atoms with E-state index in [2.05, 4.69) is 19.4 Å². The topological polar surface area (TPSA) is 98.2 Å². The summed E-state index contributed by atoms with van der Waals surface area (Å²) in [4.78, 5) is 18.8. The minimum absolute atomic E-state index is 0.0522. The van der Waals surface area contributed by atoms with Crippen LogP contribution in [0.1, 0.15) is 21.7 Å².